The van der Waals surface area contributed by atoms with E-state index in [0.717, 1.165) is 6.42 Å². The van der Waals surface area contributed by atoms with Crippen LogP contribution >= 0.6 is 0 Å². The van der Waals surface area contributed by atoms with Gasteiger partial charge in [0.15, 0.2) is 0 Å². The van der Waals surface area contributed by atoms with Crippen molar-refractivity contribution in [3.63, 3.8) is 0 Å². The Balaban J connectivity index is 4.72. The van der Waals surface area contributed by atoms with E-state index >= 15 is 0 Å². The summed E-state index contributed by atoms with van der Waals surface area (Å²) < 4.78 is 0. The van der Waals surface area contributed by atoms with Gasteiger partial charge in [-0.25, -0.2) is 0 Å². The van der Waals surface area contributed by atoms with Crippen LogP contribution in [0.2, 0.25) is 0 Å². The van der Waals surface area contributed by atoms with Gasteiger partial charge in [0.1, 0.15) is 0 Å². The molecular formula is C14H23NO. The van der Waals surface area contributed by atoms with Crippen LogP contribution in [0.25, 0.3) is 0 Å². The predicted octanol–water partition coefficient (Wildman–Crippen LogP) is 3.23. The number of allylic oxidation sites excluding steroid dienone is 2. The Kier molecular flexibility index (Phi) is 5.79. The van der Waals surface area contributed by atoms with E-state index in [-0.39, 0.29) is 17.4 Å². The van der Waals surface area contributed by atoms with Crippen LogP contribution in [0.4, 0.5) is 0 Å². The number of amides is 1. The molecule has 0 aromatic carbocycles. The van der Waals surface area contributed by atoms with Gasteiger partial charge in [0, 0.05) is 11.5 Å². The molecule has 90 valence electrons. The van der Waals surface area contributed by atoms with Gasteiger partial charge in [-0.1, -0.05) is 24.3 Å². The van der Waals surface area contributed by atoms with Crippen molar-refractivity contribution in [2.24, 2.45) is 5.92 Å². The maximum Gasteiger partial charge on any atom is 0.243 e. The van der Waals surface area contributed by atoms with E-state index in [0.29, 0.717) is 0 Å². The molecule has 0 spiro atoms. The van der Waals surface area contributed by atoms with E-state index in [4.69, 9.17) is 0 Å². The van der Waals surface area contributed by atoms with Crippen molar-refractivity contribution >= 4 is 5.91 Å². The summed E-state index contributed by atoms with van der Waals surface area (Å²) in [5, 5.41) is 2.93. The van der Waals surface area contributed by atoms with Crippen LogP contribution in [0, 0.1) is 5.92 Å². The molecule has 1 N–H and O–H groups in total. The van der Waals surface area contributed by atoms with Crippen LogP contribution in [-0.4, -0.2) is 11.4 Å². The molecule has 0 rings (SSSR count). The van der Waals surface area contributed by atoms with Crippen molar-refractivity contribution in [3.05, 3.63) is 37.0 Å². The first-order valence-electron chi connectivity index (χ1n) is 5.56. The molecule has 1 atom stereocenters. The third kappa shape index (κ3) is 4.47. The second-order valence-corrected chi connectivity index (χ2v) is 4.60. The van der Waals surface area contributed by atoms with Crippen LogP contribution in [0.1, 0.15) is 34.1 Å². The van der Waals surface area contributed by atoms with Crippen LogP contribution < -0.4 is 5.32 Å². The molecule has 0 bridgehead atoms. The normalized spacial score (nSPS) is 14.1. The summed E-state index contributed by atoms with van der Waals surface area (Å²) in [6.45, 7) is 15.4. The maximum atomic E-state index is 11.3. The van der Waals surface area contributed by atoms with Gasteiger partial charge in [0.25, 0.3) is 0 Å². The number of hydrogen-bond donors (Lipinski definition) is 1. The maximum absolute atomic E-state index is 11.3. The fourth-order valence-electron chi connectivity index (χ4n) is 1.56. The molecule has 16 heavy (non-hydrogen) atoms. The molecule has 0 saturated carbocycles. The molecule has 0 heterocycles. The summed E-state index contributed by atoms with van der Waals surface area (Å²) in [6, 6.07) is 0. The molecule has 0 aliphatic carbocycles. The van der Waals surface area contributed by atoms with E-state index in [1.54, 1.807) is 0 Å². The third-order valence-corrected chi connectivity index (χ3v) is 2.88. The van der Waals surface area contributed by atoms with Gasteiger partial charge in [-0.05, 0) is 40.2 Å². The number of carbonyl (C=O) groups excluding carboxylic acids is 1. The first kappa shape index (κ1) is 14.7. The molecule has 0 aliphatic rings. The van der Waals surface area contributed by atoms with Crippen LogP contribution in [0.5, 0.6) is 0 Å². The molecule has 0 radical (unpaired) electrons. The van der Waals surface area contributed by atoms with E-state index in [2.05, 4.69) is 31.5 Å². The highest BCUT2D eigenvalue weighted by Gasteiger charge is 2.28. The molecule has 0 aromatic rings. The first-order valence-corrected chi connectivity index (χ1v) is 5.56. The lowest BCUT2D eigenvalue weighted by Crippen LogP contribution is -2.48. The zero-order chi connectivity index (χ0) is 12.8. The van der Waals surface area contributed by atoms with Crippen molar-refractivity contribution in [2.75, 3.05) is 0 Å². The molecule has 0 aromatic heterocycles. The lowest BCUT2D eigenvalue weighted by atomic mass is 9.82. The van der Waals surface area contributed by atoms with Crippen molar-refractivity contribution < 1.29 is 4.79 Å². The van der Waals surface area contributed by atoms with E-state index < -0.39 is 0 Å². The highest BCUT2D eigenvalue weighted by atomic mass is 16.1. The highest BCUT2D eigenvalue weighted by Crippen LogP contribution is 2.24. The fourth-order valence-corrected chi connectivity index (χ4v) is 1.56. The van der Waals surface area contributed by atoms with Gasteiger partial charge in [-0.3, -0.25) is 4.79 Å². The Morgan fingerprint density at radius 3 is 2.38 bits per heavy atom. The average Bonchev–Trinajstić information content (AvgIpc) is 2.24. The lowest BCUT2D eigenvalue weighted by Gasteiger charge is -2.33. The fraction of sp³-hybridized carbons (Fsp3) is 0.500. The molecular weight excluding hydrogens is 198 g/mol. The third-order valence-electron chi connectivity index (χ3n) is 2.88. The largest absolute Gasteiger partial charge is 0.347 e. The Hall–Kier alpha value is -1.31. The molecule has 0 aliphatic heterocycles. The molecule has 2 heteroatoms. The summed E-state index contributed by atoms with van der Waals surface area (Å²) in [7, 11) is 0. The Morgan fingerprint density at radius 2 is 2.00 bits per heavy atom. The van der Waals surface area contributed by atoms with Crippen molar-refractivity contribution in [2.45, 2.75) is 39.7 Å². The minimum Gasteiger partial charge on any atom is -0.347 e. The standard InChI is InChI=1S/C14H23NO/c1-7-11(4)10-12(8-2)14(5,6)15-13(16)9-3/h7-9,12H,2-3,10H2,1,4-6H3,(H,15,16)/b11-7+. The highest BCUT2D eigenvalue weighted by molar-refractivity contribution is 5.87. The zero-order valence-corrected chi connectivity index (χ0v) is 10.8. The second-order valence-electron chi connectivity index (χ2n) is 4.60. The smallest absolute Gasteiger partial charge is 0.243 e. The van der Waals surface area contributed by atoms with Gasteiger partial charge in [0.05, 0.1) is 0 Å². The van der Waals surface area contributed by atoms with Crippen LogP contribution in [0.15, 0.2) is 37.0 Å². The van der Waals surface area contributed by atoms with Gasteiger partial charge >= 0.3 is 0 Å². The zero-order valence-electron chi connectivity index (χ0n) is 10.8. The molecule has 0 saturated heterocycles. The van der Waals surface area contributed by atoms with Crippen molar-refractivity contribution in [1.29, 1.82) is 0 Å². The molecule has 1 unspecified atom stereocenters. The average molecular weight is 221 g/mol. The number of hydrogen-bond acceptors (Lipinski definition) is 1. The number of carbonyl (C=O) groups is 1. The minimum atomic E-state index is -0.308. The van der Waals surface area contributed by atoms with Gasteiger partial charge < -0.3 is 5.32 Å². The Morgan fingerprint density at radius 1 is 1.44 bits per heavy atom. The summed E-state index contributed by atoms with van der Waals surface area (Å²) in [4.78, 5) is 11.3. The van der Waals surface area contributed by atoms with Gasteiger partial charge in [0.2, 0.25) is 5.91 Å². The summed E-state index contributed by atoms with van der Waals surface area (Å²) in [6.07, 6.45) is 6.19. The topological polar surface area (TPSA) is 29.1 Å². The SMILES string of the molecule is C=CC(=O)NC(C)(C)C(C=C)C/C(C)=C/C. The van der Waals surface area contributed by atoms with E-state index in [1.165, 1.54) is 11.6 Å². The lowest BCUT2D eigenvalue weighted by molar-refractivity contribution is -0.118. The van der Waals surface area contributed by atoms with Gasteiger partial charge in [-0.2, -0.15) is 0 Å². The number of rotatable bonds is 6. The number of nitrogens with one attached hydrogen (secondary N) is 1. The van der Waals surface area contributed by atoms with Crippen molar-refractivity contribution in [1.82, 2.24) is 5.32 Å². The second kappa shape index (κ2) is 6.31. The molecule has 0 fully saturated rings. The first-order chi connectivity index (χ1) is 7.37. The Labute approximate surface area is 99.1 Å². The van der Waals surface area contributed by atoms with Gasteiger partial charge in [-0.15, -0.1) is 6.58 Å². The van der Waals surface area contributed by atoms with Crippen molar-refractivity contribution in [3.8, 4) is 0 Å². The van der Waals surface area contributed by atoms with Crippen LogP contribution in [-0.2, 0) is 4.79 Å². The minimum absolute atomic E-state index is 0.144. The Bertz CT molecular complexity index is 300. The summed E-state index contributed by atoms with van der Waals surface area (Å²) in [5.74, 6) is 0.0718. The van der Waals surface area contributed by atoms with E-state index in [9.17, 15) is 4.79 Å². The summed E-state index contributed by atoms with van der Waals surface area (Å²) in [5.41, 5.74) is 0.989. The van der Waals surface area contributed by atoms with E-state index in [1.807, 2.05) is 26.8 Å². The molecule has 2 nitrogen and oxygen atoms in total. The monoisotopic (exact) mass is 221 g/mol. The summed E-state index contributed by atoms with van der Waals surface area (Å²) >= 11 is 0. The molecule has 1 amide bonds. The quantitative estimate of drug-likeness (QED) is 0.541. The van der Waals surface area contributed by atoms with Crippen LogP contribution in [0.3, 0.4) is 0 Å². The predicted molar refractivity (Wildman–Crippen MR) is 70.2 cm³/mol.